The number of carbonyl (C=O) groups excluding carboxylic acids is 1. The summed E-state index contributed by atoms with van der Waals surface area (Å²) in [5, 5.41) is 12.4. The molecule has 0 aliphatic rings. The maximum Gasteiger partial charge on any atom is 0.263 e. The average Bonchev–Trinajstić information content (AvgIpc) is 3.38. The van der Waals surface area contributed by atoms with E-state index in [0.29, 0.717) is 43.3 Å². The Morgan fingerprint density at radius 2 is 1.88 bits per heavy atom. The van der Waals surface area contributed by atoms with Crippen molar-refractivity contribution in [3.05, 3.63) is 91.9 Å². The number of nitrogens with zero attached hydrogens (tertiary/aromatic N) is 5. The predicted octanol–water partition coefficient (Wildman–Crippen LogP) is 4.27. The number of H-pyrrole nitrogens is 1. The third-order valence-electron chi connectivity index (χ3n) is 4.89. The van der Waals surface area contributed by atoms with Crippen molar-refractivity contribution >= 4 is 50.3 Å². The summed E-state index contributed by atoms with van der Waals surface area (Å²) < 4.78 is 3.58. The topological polar surface area (TPSA) is 110 Å². The number of carbonyl (C=O) groups is 1. The fraction of sp³-hybridized carbons (Fsp3) is 0.0455. The molecule has 0 bridgehead atoms. The van der Waals surface area contributed by atoms with Crippen molar-refractivity contribution in [2.45, 2.75) is 6.92 Å². The first-order chi connectivity index (χ1) is 15.9. The molecule has 0 aliphatic carbocycles. The number of halogens is 2. The Bertz CT molecular complexity index is 1570. The number of fused-ring (bicyclic) bond motifs is 1. The highest BCUT2D eigenvalue weighted by Gasteiger charge is 2.18. The second kappa shape index (κ2) is 8.30. The zero-order chi connectivity index (χ0) is 23.1. The molecule has 164 valence electrons. The summed E-state index contributed by atoms with van der Waals surface area (Å²) in [5.74, 6) is 0.158. The molecule has 0 aliphatic heterocycles. The number of nitrogens with one attached hydrogen (secondary N) is 2. The molecule has 0 unspecified atom stereocenters. The first-order valence-corrected chi connectivity index (χ1v) is 10.9. The van der Waals surface area contributed by atoms with Crippen molar-refractivity contribution in [3.63, 3.8) is 0 Å². The average molecular weight is 525 g/mol. The molecule has 3 aromatic heterocycles. The molecular formula is C22H15BrClN7O2. The van der Waals surface area contributed by atoms with E-state index in [0.717, 1.165) is 0 Å². The van der Waals surface area contributed by atoms with Gasteiger partial charge in [0.2, 0.25) is 5.95 Å². The van der Waals surface area contributed by atoms with Crippen LogP contribution in [0.2, 0.25) is 5.02 Å². The third kappa shape index (κ3) is 3.94. The van der Waals surface area contributed by atoms with Crippen LogP contribution in [0.1, 0.15) is 16.1 Å². The van der Waals surface area contributed by atoms with Gasteiger partial charge in [-0.25, -0.2) is 4.68 Å². The molecule has 11 heteroatoms. The zero-order valence-corrected chi connectivity index (χ0v) is 19.4. The van der Waals surface area contributed by atoms with Crippen molar-refractivity contribution in [1.29, 1.82) is 0 Å². The SMILES string of the molecule is Cc1cc(NC(=O)c2ccccc2Br)n(-c2nc3c(cnn3-c3ccc(Cl)cc3)c(=O)[nH]2)n1. The van der Waals surface area contributed by atoms with Crippen LogP contribution in [-0.2, 0) is 0 Å². The van der Waals surface area contributed by atoms with Crippen molar-refractivity contribution in [2.24, 2.45) is 0 Å². The van der Waals surface area contributed by atoms with Crippen LogP contribution in [0, 0.1) is 6.92 Å². The fourth-order valence-electron chi connectivity index (χ4n) is 3.36. The van der Waals surface area contributed by atoms with E-state index < -0.39 is 0 Å². The van der Waals surface area contributed by atoms with Crippen LogP contribution in [0.4, 0.5) is 5.82 Å². The molecule has 0 saturated heterocycles. The number of benzene rings is 2. The minimum Gasteiger partial charge on any atom is -0.306 e. The maximum absolute atomic E-state index is 12.8. The lowest BCUT2D eigenvalue weighted by Crippen LogP contribution is -2.19. The highest BCUT2D eigenvalue weighted by molar-refractivity contribution is 9.10. The lowest BCUT2D eigenvalue weighted by atomic mass is 10.2. The molecule has 2 aromatic carbocycles. The largest absolute Gasteiger partial charge is 0.306 e. The normalized spacial score (nSPS) is 11.1. The van der Waals surface area contributed by atoms with E-state index >= 15 is 0 Å². The number of rotatable bonds is 4. The van der Waals surface area contributed by atoms with Gasteiger partial charge in [-0.2, -0.15) is 19.9 Å². The van der Waals surface area contributed by atoms with Gasteiger partial charge in [-0.1, -0.05) is 23.7 Å². The van der Waals surface area contributed by atoms with E-state index in [4.69, 9.17) is 11.6 Å². The van der Waals surface area contributed by atoms with Crippen LogP contribution in [0.5, 0.6) is 0 Å². The fourth-order valence-corrected chi connectivity index (χ4v) is 3.95. The monoisotopic (exact) mass is 523 g/mol. The van der Waals surface area contributed by atoms with E-state index in [9.17, 15) is 9.59 Å². The summed E-state index contributed by atoms with van der Waals surface area (Å²) in [4.78, 5) is 32.9. The van der Waals surface area contributed by atoms with Crippen LogP contribution < -0.4 is 10.9 Å². The standard InChI is InChI=1S/C22H15BrClN7O2/c1-12-10-18(26-20(32)15-4-2-3-5-17(15)23)31(29-12)22-27-19-16(21(33)28-22)11-25-30(19)14-8-6-13(24)7-9-14/h2-11H,1H3,(H,26,32)(H,27,28,33). The van der Waals surface area contributed by atoms with Gasteiger partial charge in [-0.15, -0.1) is 0 Å². The smallest absolute Gasteiger partial charge is 0.263 e. The second-order valence-corrected chi connectivity index (χ2v) is 8.47. The molecule has 1 amide bonds. The molecule has 0 saturated carbocycles. The molecule has 0 spiro atoms. The van der Waals surface area contributed by atoms with Gasteiger partial charge in [0, 0.05) is 15.6 Å². The van der Waals surface area contributed by atoms with Crippen LogP contribution >= 0.6 is 27.5 Å². The number of amides is 1. The zero-order valence-electron chi connectivity index (χ0n) is 17.1. The van der Waals surface area contributed by atoms with Gasteiger partial charge in [0.05, 0.1) is 23.1 Å². The molecule has 5 rings (SSSR count). The number of aryl methyl sites for hydroxylation is 1. The predicted molar refractivity (Wildman–Crippen MR) is 128 cm³/mol. The molecule has 9 nitrogen and oxygen atoms in total. The van der Waals surface area contributed by atoms with E-state index in [1.807, 2.05) is 6.07 Å². The summed E-state index contributed by atoms with van der Waals surface area (Å²) in [5.41, 5.74) is 1.74. The lowest BCUT2D eigenvalue weighted by Gasteiger charge is -2.09. The number of aromatic amines is 1. The van der Waals surface area contributed by atoms with Crippen LogP contribution in [0.25, 0.3) is 22.7 Å². The Labute approximate surface area is 200 Å². The number of aromatic nitrogens is 6. The van der Waals surface area contributed by atoms with Gasteiger partial charge in [-0.3, -0.25) is 14.6 Å². The van der Waals surface area contributed by atoms with Crippen molar-refractivity contribution in [1.82, 2.24) is 29.5 Å². The maximum atomic E-state index is 12.8. The molecule has 0 atom stereocenters. The second-order valence-electron chi connectivity index (χ2n) is 7.18. The Morgan fingerprint density at radius 1 is 1.12 bits per heavy atom. The molecule has 2 N–H and O–H groups in total. The van der Waals surface area contributed by atoms with Crippen molar-refractivity contribution in [2.75, 3.05) is 5.32 Å². The molecular weight excluding hydrogens is 510 g/mol. The quantitative estimate of drug-likeness (QED) is 0.365. The summed E-state index contributed by atoms with van der Waals surface area (Å²) in [6, 6.07) is 15.8. The molecule has 0 radical (unpaired) electrons. The van der Waals surface area contributed by atoms with E-state index in [1.54, 1.807) is 60.1 Å². The summed E-state index contributed by atoms with van der Waals surface area (Å²) >= 11 is 9.37. The molecule has 33 heavy (non-hydrogen) atoms. The molecule has 3 heterocycles. The minimum absolute atomic E-state index is 0.138. The highest BCUT2D eigenvalue weighted by Crippen LogP contribution is 2.21. The minimum atomic E-state index is -0.383. The summed E-state index contributed by atoms with van der Waals surface area (Å²) in [6.45, 7) is 1.78. The van der Waals surface area contributed by atoms with E-state index in [1.165, 1.54) is 10.9 Å². The lowest BCUT2D eigenvalue weighted by molar-refractivity contribution is 0.102. The van der Waals surface area contributed by atoms with E-state index in [2.05, 4.69) is 41.4 Å². The number of hydrogen-bond donors (Lipinski definition) is 2. The third-order valence-corrected chi connectivity index (χ3v) is 5.83. The van der Waals surface area contributed by atoms with Crippen molar-refractivity contribution in [3.8, 4) is 11.6 Å². The molecule has 5 aromatic rings. The number of hydrogen-bond acceptors (Lipinski definition) is 5. The Hall–Kier alpha value is -3.76. The summed E-state index contributed by atoms with van der Waals surface area (Å²) in [6.07, 6.45) is 1.45. The van der Waals surface area contributed by atoms with Crippen LogP contribution in [0.15, 0.2) is 70.1 Å². The van der Waals surface area contributed by atoms with Gasteiger partial charge in [-0.05, 0) is 59.3 Å². The van der Waals surface area contributed by atoms with Gasteiger partial charge < -0.3 is 5.32 Å². The van der Waals surface area contributed by atoms with E-state index in [-0.39, 0.29) is 17.4 Å². The Kier molecular flexibility index (Phi) is 5.31. The van der Waals surface area contributed by atoms with Gasteiger partial charge >= 0.3 is 0 Å². The first-order valence-electron chi connectivity index (χ1n) is 9.77. The van der Waals surface area contributed by atoms with Crippen molar-refractivity contribution < 1.29 is 4.79 Å². The number of anilines is 1. The van der Waals surface area contributed by atoms with Crippen LogP contribution in [-0.4, -0.2) is 35.4 Å². The van der Waals surface area contributed by atoms with Gasteiger partial charge in [0.1, 0.15) is 11.2 Å². The van der Waals surface area contributed by atoms with Gasteiger partial charge in [0.25, 0.3) is 11.5 Å². The highest BCUT2D eigenvalue weighted by atomic mass is 79.9. The molecule has 0 fully saturated rings. The Balaban J connectivity index is 1.59. The summed E-state index contributed by atoms with van der Waals surface area (Å²) in [7, 11) is 0. The Morgan fingerprint density at radius 3 is 2.64 bits per heavy atom. The van der Waals surface area contributed by atoms with Gasteiger partial charge in [0.15, 0.2) is 5.65 Å². The first kappa shape index (κ1) is 21.1. The van der Waals surface area contributed by atoms with Crippen LogP contribution in [0.3, 0.4) is 0 Å².